The average molecular weight is 350 g/mol. The van der Waals surface area contributed by atoms with Gasteiger partial charge in [0, 0.05) is 6.54 Å². The molecule has 0 saturated carbocycles. The van der Waals surface area contributed by atoms with E-state index < -0.39 is 10.0 Å². The largest absolute Gasteiger partial charge is 0.468 e. The number of nitrogens with zero attached hydrogens (tertiary/aromatic N) is 1. The van der Waals surface area contributed by atoms with E-state index in [0.29, 0.717) is 4.90 Å². The van der Waals surface area contributed by atoms with Gasteiger partial charge in [-0.1, -0.05) is 31.5 Å². The molecule has 5 nitrogen and oxygen atoms in total. The molecule has 0 aliphatic rings. The normalized spacial score (nSPS) is 13.4. The summed E-state index contributed by atoms with van der Waals surface area (Å²) in [6, 6.07) is 8.93. The molecule has 1 aromatic heterocycles. The molecule has 132 valence electrons. The SMILES string of the molecule is CCN(CC)C(CNS(=O)(=O)c1ccc(C)cc1C)c1ccco1. The summed E-state index contributed by atoms with van der Waals surface area (Å²) in [5, 5.41) is 0. The van der Waals surface area contributed by atoms with Crippen LogP contribution in [0.3, 0.4) is 0 Å². The smallest absolute Gasteiger partial charge is 0.240 e. The molecule has 0 bridgehead atoms. The van der Waals surface area contributed by atoms with E-state index in [1.165, 1.54) is 0 Å². The van der Waals surface area contributed by atoms with Crippen LogP contribution in [0.5, 0.6) is 0 Å². The Morgan fingerprint density at radius 1 is 1.17 bits per heavy atom. The van der Waals surface area contributed by atoms with Crippen molar-refractivity contribution >= 4 is 10.0 Å². The lowest BCUT2D eigenvalue weighted by molar-refractivity contribution is 0.194. The molecule has 1 N–H and O–H groups in total. The minimum absolute atomic E-state index is 0.129. The van der Waals surface area contributed by atoms with Crippen LogP contribution < -0.4 is 4.72 Å². The number of nitrogens with one attached hydrogen (secondary N) is 1. The molecular weight excluding hydrogens is 324 g/mol. The summed E-state index contributed by atoms with van der Waals surface area (Å²) in [7, 11) is -3.56. The standard InChI is InChI=1S/C18H26N2O3S/c1-5-20(6-2)16(17-8-7-11-23-17)13-19-24(21,22)18-10-9-14(3)12-15(18)4/h7-12,16,19H,5-6,13H2,1-4H3. The third-order valence-electron chi connectivity index (χ3n) is 4.21. The highest BCUT2D eigenvalue weighted by molar-refractivity contribution is 7.89. The van der Waals surface area contributed by atoms with Crippen LogP contribution in [0.2, 0.25) is 0 Å². The molecule has 1 atom stereocenters. The zero-order chi connectivity index (χ0) is 17.7. The lowest BCUT2D eigenvalue weighted by Crippen LogP contribution is -2.38. The van der Waals surface area contributed by atoms with Crippen LogP contribution in [0.1, 0.15) is 36.8 Å². The minimum atomic E-state index is -3.56. The van der Waals surface area contributed by atoms with Crippen molar-refractivity contribution in [2.75, 3.05) is 19.6 Å². The lowest BCUT2D eigenvalue weighted by atomic mass is 10.2. The van der Waals surface area contributed by atoms with Gasteiger partial charge in [-0.3, -0.25) is 4.90 Å². The molecule has 2 aromatic rings. The van der Waals surface area contributed by atoms with Crippen molar-refractivity contribution in [1.29, 1.82) is 0 Å². The Balaban J connectivity index is 2.21. The number of likely N-dealkylation sites (N-methyl/N-ethyl adjacent to an activating group) is 1. The fraction of sp³-hybridized carbons (Fsp3) is 0.444. The Morgan fingerprint density at radius 2 is 1.88 bits per heavy atom. The zero-order valence-electron chi connectivity index (χ0n) is 14.7. The van der Waals surface area contributed by atoms with E-state index in [2.05, 4.69) is 23.5 Å². The number of benzene rings is 1. The number of aryl methyl sites for hydroxylation is 2. The van der Waals surface area contributed by atoms with Crippen LogP contribution in [0.25, 0.3) is 0 Å². The van der Waals surface area contributed by atoms with E-state index >= 15 is 0 Å². The van der Waals surface area contributed by atoms with Gasteiger partial charge in [0.25, 0.3) is 0 Å². The Hall–Kier alpha value is -1.63. The summed E-state index contributed by atoms with van der Waals surface area (Å²) in [5.74, 6) is 0.766. The van der Waals surface area contributed by atoms with Crippen molar-refractivity contribution in [3.8, 4) is 0 Å². The molecule has 1 aromatic carbocycles. The van der Waals surface area contributed by atoms with Gasteiger partial charge >= 0.3 is 0 Å². The Kier molecular flexibility index (Phi) is 6.21. The second-order valence-corrected chi connectivity index (χ2v) is 7.61. The lowest BCUT2D eigenvalue weighted by Gasteiger charge is -2.28. The quantitative estimate of drug-likeness (QED) is 0.794. The first-order valence-electron chi connectivity index (χ1n) is 8.23. The highest BCUT2D eigenvalue weighted by Gasteiger charge is 2.24. The number of sulfonamides is 1. The number of furan rings is 1. The van der Waals surface area contributed by atoms with E-state index in [1.54, 1.807) is 12.3 Å². The van der Waals surface area contributed by atoms with Crippen molar-refractivity contribution in [3.63, 3.8) is 0 Å². The first-order chi connectivity index (χ1) is 11.4. The van der Waals surface area contributed by atoms with E-state index in [1.807, 2.05) is 38.1 Å². The highest BCUT2D eigenvalue weighted by atomic mass is 32.2. The maximum atomic E-state index is 12.7. The molecule has 1 heterocycles. The van der Waals surface area contributed by atoms with Crippen LogP contribution >= 0.6 is 0 Å². The predicted molar refractivity (Wildman–Crippen MR) is 95.5 cm³/mol. The summed E-state index contributed by atoms with van der Waals surface area (Å²) in [6.45, 7) is 9.77. The Bertz CT molecular complexity index is 751. The van der Waals surface area contributed by atoms with E-state index in [0.717, 1.165) is 30.0 Å². The molecule has 0 aliphatic carbocycles. The number of hydrogen-bond acceptors (Lipinski definition) is 4. The summed E-state index contributed by atoms with van der Waals surface area (Å²) in [4.78, 5) is 2.49. The van der Waals surface area contributed by atoms with Crippen LogP contribution in [0.15, 0.2) is 45.9 Å². The zero-order valence-corrected chi connectivity index (χ0v) is 15.6. The monoisotopic (exact) mass is 350 g/mol. The van der Waals surface area contributed by atoms with Crippen LogP contribution in [-0.2, 0) is 10.0 Å². The fourth-order valence-corrected chi connectivity index (χ4v) is 4.18. The van der Waals surface area contributed by atoms with Crippen LogP contribution in [-0.4, -0.2) is 33.0 Å². The van der Waals surface area contributed by atoms with Gasteiger partial charge in [0.05, 0.1) is 17.2 Å². The molecule has 6 heteroatoms. The number of hydrogen-bond donors (Lipinski definition) is 1. The van der Waals surface area contributed by atoms with Crippen molar-refractivity contribution in [2.24, 2.45) is 0 Å². The molecule has 24 heavy (non-hydrogen) atoms. The van der Waals surface area contributed by atoms with Crippen LogP contribution in [0, 0.1) is 13.8 Å². The topological polar surface area (TPSA) is 62.6 Å². The van der Waals surface area contributed by atoms with Crippen molar-refractivity contribution in [2.45, 2.75) is 38.6 Å². The summed E-state index contributed by atoms with van der Waals surface area (Å²) >= 11 is 0. The molecule has 0 fully saturated rings. The summed E-state index contributed by atoms with van der Waals surface area (Å²) in [5.41, 5.74) is 1.79. The number of rotatable bonds is 8. The molecule has 1 unspecified atom stereocenters. The van der Waals surface area contributed by atoms with Crippen molar-refractivity contribution in [1.82, 2.24) is 9.62 Å². The van der Waals surface area contributed by atoms with Gasteiger partial charge in [-0.05, 0) is 50.7 Å². The second-order valence-electron chi connectivity index (χ2n) is 5.87. The molecule has 0 amide bonds. The second kappa shape index (κ2) is 7.96. The third kappa shape index (κ3) is 4.26. The maximum Gasteiger partial charge on any atom is 0.240 e. The van der Waals surface area contributed by atoms with Gasteiger partial charge in [-0.25, -0.2) is 13.1 Å². The van der Waals surface area contributed by atoms with E-state index in [4.69, 9.17) is 4.42 Å². The van der Waals surface area contributed by atoms with Gasteiger partial charge in [0.1, 0.15) is 5.76 Å². The Morgan fingerprint density at radius 3 is 2.42 bits per heavy atom. The van der Waals surface area contributed by atoms with Gasteiger partial charge in [0.2, 0.25) is 10.0 Å². The highest BCUT2D eigenvalue weighted by Crippen LogP contribution is 2.22. The molecule has 0 radical (unpaired) electrons. The van der Waals surface area contributed by atoms with Gasteiger partial charge in [-0.15, -0.1) is 0 Å². The molecule has 0 saturated heterocycles. The van der Waals surface area contributed by atoms with Crippen molar-refractivity contribution < 1.29 is 12.8 Å². The first kappa shape index (κ1) is 18.7. The first-order valence-corrected chi connectivity index (χ1v) is 9.71. The fourth-order valence-electron chi connectivity index (χ4n) is 2.92. The van der Waals surface area contributed by atoms with E-state index in [-0.39, 0.29) is 12.6 Å². The van der Waals surface area contributed by atoms with Gasteiger partial charge in [0.15, 0.2) is 0 Å². The average Bonchev–Trinajstić information content (AvgIpc) is 3.05. The van der Waals surface area contributed by atoms with Gasteiger partial charge in [-0.2, -0.15) is 0 Å². The molecule has 0 aliphatic heterocycles. The predicted octanol–water partition coefficient (Wildman–Crippen LogP) is 3.26. The molecular formula is C18H26N2O3S. The van der Waals surface area contributed by atoms with Gasteiger partial charge < -0.3 is 4.42 Å². The Labute approximate surface area is 144 Å². The van der Waals surface area contributed by atoms with E-state index in [9.17, 15) is 8.42 Å². The summed E-state index contributed by atoms with van der Waals surface area (Å²) in [6.07, 6.45) is 1.62. The third-order valence-corrected chi connectivity index (χ3v) is 5.80. The maximum absolute atomic E-state index is 12.7. The van der Waals surface area contributed by atoms with Crippen LogP contribution in [0.4, 0.5) is 0 Å². The molecule has 2 rings (SSSR count). The van der Waals surface area contributed by atoms with Crippen molar-refractivity contribution in [3.05, 3.63) is 53.5 Å². The molecule has 0 spiro atoms. The minimum Gasteiger partial charge on any atom is -0.468 e. The summed E-state index contributed by atoms with van der Waals surface area (Å²) < 4.78 is 33.6.